The minimum absolute atomic E-state index is 0.231. The van der Waals surface area contributed by atoms with E-state index >= 15 is 0 Å². The van der Waals surface area contributed by atoms with Gasteiger partial charge in [0.2, 0.25) is 11.7 Å². The zero-order valence-corrected chi connectivity index (χ0v) is 12.6. The molecule has 0 spiro atoms. The molecule has 1 aliphatic rings. The molecule has 0 unspecified atom stereocenters. The Morgan fingerprint density at radius 2 is 2.00 bits per heavy atom. The smallest absolute Gasteiger partial charge is 0.230 e. The van der Waals surface area contributed by atoms with Crippen LogP contribution in [0.5, 0.6) is 0 Å². The fraction of sp³-hybridized carbons (Fsp3) is 0.562. The lowest BCUT2D eigenvalue weighted by Gasteiger charge is -2.27. The first kappa shape index (κ1) is 13.3. The summed E-state index contributed by atoms with van der Waals surface area (Å²) >= 11 is 0. The summed E-state index contributed by atoms with van der Waals surface area (Å²) in [5.41, 5.74) is 2.26. The number of nitrogens with zero attached hydrogens (tertiary/aromatic N) is 3. The van der Waals surface area contributed by atoms with E-state index < -0.39 is 0 Å². The lowest BCUT2D eigenvalue weighted by atomic mass is 9.78. The molecule has 0 bridgehead atoms. The average molecular weight is 271 g/mol. The number of pyridine rings is 1. The standard InChI is InChI=1S/C16H21N3O/c1-10(16(2,3)4)12-7-8-13(17-9-12)14-18-15(20-19-14)11-5-6-11/h7-11H,5-6H2,1-4H3/t10-/m0/s1. The Hall–Kier alpha value is -1.71. The van der Waals surface area contributed by atoms with Crippen LogP contribution in [0.15, 0.2) is 22.9 Å². The van der Waals surface area contributed by atoms with E-state index in [1.54, 1.807) is 0 Å². The van der Waals surface area contributed by atoms with Crippen molar-refractivity contribution >= 4 is 0 Å². The van der Waals surface area contributed by atoms with Gasteiger partial charge in [0, 0.05) is 12.1 Å². The van der Waals surface area contributed by atoms with Crippen LogP contribution in [0.25, 0.3) is 11.5 Å². The van der Waals surface area contributed by atoms with Gasteiger partial charge in [-0.05, 0) is 35.8 Å². The summed E-state index contributed by atoms with van der Waals surface area (Å²) < 4.78 is 5.27. The number of rotatable bonds is 3. The summed E-state index contributed by atoms with van der Waals surface area (Å²) in [6.45, 7) is 8.96. The molecule has 106 valence electrons. The molecule has 0 aromatic carbocycles. The maximum Gasteiger partial charge on any atom is 0.230 e. The third kappa shape index (κ3) is 2.60. The number of hydrogen-bond acceptors (Lipinski definition) is 4. The summed E-state index contributed by atoms with van der Waals surface area (Å²) in [4.78, 5) is 8.92. The Morgan fingerprint density at radius 1 is 1.25 bits per heavy atom. The minimum atomic E-state index is 0.231. The second-order valence-electron chi connectivity index (χ2n) is 6.79. The fourth-order valence-corrected chi connectivity index (χ4v) is 2.13. The quantitative estimate of drug-likeness (QED) is 0.841. The van der Waals surface area contributed by atoms with Gasteiger partial charge in [-0.2, -0.15) is 4.98 Å². The van der Waals surface area contributed by atoms with Crippen LogP contribution in [-0.2, 0) is 0 Å². The van der Waals surface area contributed by atoms with Crippen molar-refractivity contribution in [2.75, 3.05) is 0 Å². The second-order valence-corrected chi connectivity index (χ2v) is 6.79. The van der Waals surface area contributed by atoms with Crippen LogP contribution in [0.2, 0.25) is 0 Å². The highest BCUT2D eigenvalue weighted by atomic mass is 16.5. The molecule has 0 N–H and O–H groups in total. The highest BCUT2D eigenvalue weighted by Gasteiger charge is 2.30. The van der Waals surface area contributed by atoms with E-state index in [1.165, 1.54) is 5.56 Å². The van der Waals surface area contributed by atoms with Crippen LogP contribution in [-0.4, -0.2) is 15.1 Å². The van der Waals surface area contributed by atoms with E-state index in [0.717, 1.165) is 24.4 Å². The van der Waals surface area contributed by atoms with Gasteiger partial charge < -0.3 is 4.52 Å². The van der Waals surface area contributed by atoms with Crippen molar-refractivity contribution in [1.82, 2.24) is 15.1 Å². The van der Waals surface area contributed by atoms with Crippen LogP contribution in [0.1, 0.15) is 63.8 Å². The number of aromatic nitrogens is 3. The molecule has 0 radical (unpaired) electrons. The summed E-state index contributed by atoms with van der Waals surface area (Å²) in [6, 6.07) is 4.10. The van der Waals surface area contributed by atoms with E-state index in [2.05, 4.69) is 48.9 Å². The van der Waals surface area contributed by atoms with Gasteiger partial charge in [-0.1, -0.05) is 38.9 Å². The molecule has 1 aliphatic carbocycles. The lowest BCUT2D eigenvalue weighted by Crippen LogP contribution is -2.15. The van der Waals surface area contributed by atoms with Crippen LogP contribution >= 0.6 is 0 Å². The van der Waals surface area contributed by atoms with Gasteiger partial charge in [-0.3, -0.25) is 4.98 Å². The zero-order valence-electron chi connectivity index (χ0n) is 12.6. The SMILES string of the molecule is C[C@@H](c1ccc(-c2noc(C3CC3)n2)nc1)C(C)(C)C. The minimum Gasteiger partial charge on any atom is -0.339 e. The Labute approximate surface area is 119 Å². The number of hydrogen-bond donors (Lipinski definition) is 0. The highest BCUT2D eigenvalue weighted by Crippen LogP contribution is 2.39. The predicted molar refractivity (Wildman–Crippen MR) is 77.4 cm³/mol. The first-order chi connectivity index (χ1) is 9.45. The molecular weight excluding hydrogens is 250 g/mol. The first-order valence-electron chi connectivity index (χ1n) is 7.25. The molecular formula is C16H21N3O. The molecule has 0 aliphatic heterocycles. The normalized spacial score (nSPS) is 17.2. The summed E-state index contributed by atoms with van der Waals surface area (Å²) in [5.74, 6) is 2.29. The summed E-state index contributed by atoms with van der Waals surface area (Å²) in [7, 11) is 0. The fourth-order valence-electron chi connectivity index (χ4n) is 2.13. The van der Waals surface area contributed by atoms with E-state index in [-0.39, 0.29) is 5.41 Å². The van der Waals surface area contributed by atoms with Gasteiger partial charge in [0.05, 0.1) is 0 Å². The maximum absolute atomic E-state index is 5.27. The van der Waals surface area contributed by atoms with E-state index in [4.69, 9.17) is 4.52 Å². The van der Waals surface area contributed by atoms with Crippen molar-refractivity contribution in [2.45, 2.75) is 52.4 Å². The van der Waals surface area contributed by atoms with E-state index in [9.17, 15) is 0 Å². The van der Waals surface area contributed by atoms with Crippen molar-refractivity contribution in [1.29, 1.82) is 0 Å². The van der Waals surface area contributed by atoms with Crippen molar-refractivity contribution in [2.24, 2.45) is 5.41 Å². The third-order valence-electron chi connectivity index (χ3n) is 4.18. The summed E-state index contributed by atoms with van der Waals surface area (Å²) in [6.07, 6.45) is 4.26. The van der Waals surface area contributed by atoms with Gasteiger partial charge in [0.1, 0.15) is 5.69 Å². The lowest BCUT2D eigenvalue weighted by molar-refractivity contribution is 0.339. The Balaban J connectivity index is 1.81. The van der Waals surface area contributed by atoms with Gasteiger partial charge in [-0.15, -0.1) is 0 Å². The van der Waals surface area contributed by atoms with E-state index in [1.807, 2.05) is 12.3 Å². The molecule has 1 atom stereocenters. The van der Waals surface area contributed by atoms with Crippen molar-refractivity contribution < 1.29 is 4.52 Å². The monoisotopic (exact) mass is 271 g/mol. The maximum atomic E-state index is 5.27. The molecule has 1 fully saturated rings. The van der Waals surface area contributed by atoms with Crippen LogP contribution in [0.3, 0.4) is 0 Å². The highest BCUT2D eigenvalue weighted by molar-refractivity contribution is 5.48. The molecule has 2 aromatic heterocycles. The van der Waals surface area contributed by atoms with Crippen molar-refractivity contribution in [3.8, 4) is 11.5 Å². The molecule has 0 saturated heterocycles. The Bertz CT molecular complexity index is 591. The Morgan fingerprint density at radius 3 is 2.55 bits per heavy atom. The molecule has 2 aromatic rings. The van der Waals surface area contributed by atoms with Gasteiger partial charge in [0.15, 0.2) is 0 Å². The Kier molecular flexibility index (Phi) is 3.11. The van der Waals surface area contributed by atoms with Gasteiger partial charge in [-0.25, -0.2) is 0 Å². The van der Waals surface area contributed by atoms with Crippen molar-refractivity contribution in [3.63, 3.8) is 0 Å². The molecule has 3 rings (SSSR count). The molecule has 4 nitrogen and oxygen atoms in total. The zero-order chi connectivity index (χ0) is 14.3. The predicted octanol–water partition coefficient (Wildman–Crippen LogP) is 4.16. The molecule has 20 heavy (non-hydrogen) atoms. The van der Waals surface area contributed by atoms with Crippen molar-refractivity contribution in [3.05, 3.63) is 29.8 Å². The molecule has 1 saturated carbocycles. The molecule has 2 heterocycles. The first-order valence-corrected chi connectivity index (χ1v) is 7.25. The molecule has 4 heteroatoms. The van der Waals surface area contributed by atoms with Gasteiger partial charge >= 0.3 is 0 Å². The van der Waals surface area contributed by atoms with Crippen LogP contribution in [0.4, 0.5) is 0 Å². The van der Waals surface area contributed by atoms with E-state index in [0.29, 0.717) is 17.7 Å². The summed E-state index contributed by atoms with van der Waals surface area (Å²) in [5, 5.41) is 4.02. The average Bonchev–Trinajstić information content (AvgIpc) is 3.15. The van der Waals surface area contributed by atoms with Crippen LogP contribution in [0, 0.1) is 5.41 Å². The largest absolute Gasteiger partial charge is 0.339 e. The second kappa shape index (κ2) is 4.69. The third-order valence-corrected chi connectivity index (χ3v) is 4.18. The van der Waals surface area contributed by atoms with Crippen LogP contribution < -0.4 is 0 Å². The topological polar surface area (TPSA) is 51.8 Å². The van der Waals surface area contributed by atoms with Gasteiger partial charge in [0.25, 0.3) is 0 Å². The molecule has 0 amide bonds.